The van der Waals surface area contributed by atoms with Crippen LogP contribution < -0.4 is 4.74 Å². The molecule has 0 bridgehead atoms. The number of aromatic nitrogens is 3. The van der Waals surface area contributed by atoms with Crippen LogP contribution in [0, 0.1) is 5.92 Å². The lowest BCUT2D eigenvalue weighted by Gasteiger charge is -2.33. The molecule has 3 rings (SSSR count). The molecule has 2 aromatic heterocycles. The largest absolute Gasteiger partial charge is 0.495 e. The normalized spacial score (nSPS) is 14.4. The van der Waals surface area contributed by atoms with E-state index in [4.69, 9.17) is 4.74 Å². The molecule has 0 saturated carbocycles. The molecular weight excluding hydrogens is 362 g/mol. The molecule has 0 amide bonds. The first-order valence-electron chi connectivity index (χ1n) is 9.95. The van der Waals surface area contributed by atoms with Gasteiger partial charge in [-0.15, -0.1) is 0 Å². The van der Waals surface area contributed by atoms with E-state index < -0.39 is 6.10 Å². The molecule has 5 nitrogen and oxygen atoms in total. The van der Waals surface area contributed by atoms with Crippen LogP contribution in [0.15, 0.2) is 54.9 Å². The molecule has 0 aliphatic heterocycles. The van der Waals surface area contributed by atoms with Crippen molar-refractivity contribution < 1.29 is 9.84 Å². The second kappa shape index (κ2) is 8.70. The molecule has 3 aromatic rings. The Labute approximate surface area is 172 Å². The zero-order chi connectivity index (χ0) is 21.0. The molecular formula is C24H29N3O2. The monoisotopic (exact) mass is 391 g/mol. The van der Waals surface area contributed by atoms with E-state index in [0.29, 0.717) is 12.3 Å². The van der Waals surface area contributed by atoms with E-state index in [9.17, 15) is 5.11 Å². The number of benzene rings is 1. The van der Waals surface area contributed by atoms with Gasteiger partial charge in [0.2, 0.25) is 0 Å². The number of aliphatic hydroxyl groups excluding tert-OH is 1. The quantitative estimate of drug-likeness (QED) is 0.645. The van der Waals surface area contributed by atoms with Crippen LogP contribution in [0.3, 0.4) is 0 Å². The summed E-state index contributed by atoms with van der Waals surface area (Å²) in [5.41, 5.74) is 4.74. The van der Waals surface area contributed by atoms with E-state index in [1.165, 1.54) is 5.56 Å². The van der Waals surface area contributed by atoms with Crippen LogP contribution in [0.2, 0.25) is 0 Å². The van der Waals surface area contributed by atoms with Gasteiger partial charge in [-0.1, -0.05) is 38.1 Å². The van der Waals surface area contributed by atoms with Crippen molar-refractivity contribution in [2.45, 2.75) is 45.6 Å². The number of nitrogens with zero attached hydrogens (tertiary/aromatic N) is 3. The van der Waals surface area contributed by atoms with Gasteiger partial charge in [0.1, 0.15) is 5.75 Å². The fourth-order valence-corrected chi connectivity index (χ4v) is 3.52. The van der Waals surface area contributed by atoms with Crippen LogP contribution in [0.4, 0.5) is 0 Å². The second-order valence-corrected chi connectivity index (χ2v) is 8.01. The highest BCUT2D eigenvalue weighted by Crippen LogP contribution is 2.38. The van der Waals surface area contributed by atoms with Crippen molar-refractivity contribution in [2.75, 3.05) is 7.11 Å². The van der Waals surface area contributed by atoms with E-state index in [1.807, 2.05) is 24.4 Å². The van der Waals surface area contributed by atoms with Crippen molar-refractivity contribution >= 4 is 0 Å². The standard InChI is InChI=1S/C24H29N3O2/c1-16(2)24(4,23-11-10-21(26-27-23)12-17(3)28)20-8-6-18(7-9-20)19-13-22(29-5)15-25-14-19/h6-11,13-17,28H,12H2,1-5H3. The minimum Gasteiger partial charge on any atom is -0.495 e. The van der Waals surface area contributed by atoms with Gasteiger partial charge in [-0.3, -0.25) is 4.98 Å². The number of aliphatic hydroxyl groups is 1. The average Bonchev–Trinajstić information content (AvgIpc) is 2.73. The number of pyridine rings is 1. The van der Waals surface area contributed by atoms with Gasteiger partial charge in [-0.05, 0) is 49.1 Å². The fraction of sp³-hybridized carbons (Fsp3) is 0.375. The molecule has 0 radical (unpaired) electrons. The zero-order valence-electron chi connectivity index (χ0n) is 17.8. The summed E-state index contributed by atoms with van der Waals surface area (Å²) in [4.78, 5) is 4.25. The third kappa shape index (κ3) is 4.46. The van der Waals surface area contributed by atoms with Crippen LogP contribution in [0.5, 0.6) is 5.75 Å². The Morgan fingerprint density at radius 2 is 1.69 bits per heavy atom. The molecule has 5 heteroatoms. The number of ether oxygens (including phenoxy) is 1. The summed E-state index contributed by atoms with van der Waals surface area (Å²) in [5, 5.41) is 18.4. The zero-order valence-corrected chi connectivity index (χ0v) is 17.8. The molecule has 0 fully saturated rings. The predicted molar refractivity (Wildman–Crippen MR) is 115 cm³/mol. The van der Waals surface area contributed by atoms with Crippen molar-refractivity contribution in [2.24, 2.45) is 5.92 Å². The highest BCUT2D eigenvalue weighted by atomic mass is 16.5. The minimum atomic E-state index is -0.426. The summed E-state index contributed by atoms with van der Waals surface area (Å²) in [6.45, 7) is 8.36. The summed E-state index contributed by atoms with van der Waals surface area (Å²) in [6.07, 6.45) is 3.62. The first-order chi connectivity index (χ1) is 13.8. The Kier molecular flexibility index (Phi) is 6.28. The number of rotatable bonds is 7. The Hall–Kier alpha value is -2.79. The van der Waals surface area contributed by atoms with Gasteiger partial charge in [0.15, 0.2) is 0 Å². The smallest absolute Gasteiger partial charge is 0.137 e. The summed E-state index contributed by atoms with van der Waals surface area (Å²) in [6, 6.07) is 14.5. The number of hydrogen-bond donors (Lipinski definition) is 1. The van der Waals surface area contributed by atoms with Crippen LogP contribution in [0.25, 0.3) is 11.1 Å². The lowest BCUT2D eigenvalue weighted by atomic mass is 9.70. The maximum absolute atomic E-state index is 9.57. The van der Waals surface area contributed by atoms with E-state index in [-0.39, 0.29) is 5.41 Å². The second-order valence-electron chi connectivity index (χ2n) is 8.01. The lowest BCUT2D eigenvalue weighted by molar-refractivity contribution is 0.194. The van der Waals surface area contributed by atoms with Crippen LogP contribution in [-0.4, -0.2) is 33.5 Å². The summed E-state index contributed by atoms with van der Waals surface area (Å²) in [7, 11) is 1.64. The topological polar surface area (TPSA) is 68.1 Å². The predicted octanol–water partition coefficient (Wildman–Crippen LogP) is 4.43. The van der Waals surface area contributed by atoms with E-state index >= 15 is 0 Å². The molecule has 2 heterocycles. The Balaban J connectivity index is 1.94. The number of methoxy groups -OCH3 is 1. The Morgan fingerprint density at radius 3 is 2.24 bits per heavy atom. The molecule has 1 aromatic carbocycles. The molecule has 1 N–H and O–H groups in total. The van der Waals surface area contributed by atoms with Crippen molar-refractivity contribution in [3.8, 4) is 16.9 Å². The SMILES string of the molecule is COc1cncc(-c2ccc(C(C)(c3ccc(CC(C)O)nn3)C(C)C)cc2)c1. The molecule has 29 heavy (non-hydrogen) atoms. The van der Waals surface area contributed by atoms with Crippen molar-refractivity contribution in [1.29, 1.82) is 0 Å². The van der Waals surface area contributed by atoms with Crippen LogP contribution in [0.1, 0.15) is 44.6 Å². The summed E-state index contributed by atoms with van der Waals surface area (Å²) in [5.74, 6) is 1.06. The first-order valence-corrected chi connectivity index (χ1v) is 9.95. The van der Waals surface area contributed by atoms with Crippen molar-refractivity contribution in [1.82, 2.24) is 15.2 Å². The molecule has 2 unspecified atom stereocenters. The molecule has 0 aliphatic carbocycles. The first kappa shape index (κ1) is 20.9. The maximum Gasteiger partial charge on any atom is 0.137 e. The highest BCUT2D eigenvalue weighted by molar-refractivity contribution is 5.64. The Morgan fingerprint density at radius 1 is 0.966 bits per heavy atom. The van der Waals surface area contributed by atoms with Gasteiger partial charge in [0.05, 0.1) is 30.8 Å². The van der Waals surface area contributed by atoms with Crippen LogP contribution >= 0.6 is 0 Å². The van der Waals surface area contributed by atoms with Crippen molar-refractivity contribution in [3.05, 3.63) is 71.8 Å². The fourth-order valence-electron chi connectivity index (χ4n) is 3.52. The molecule has 0 spiro atoms. The van der Waals surface area contributed by atoms with Crippen LogP contribution in [-0.2, 0) is 11.8 Å². The average molecular weight is 392 g/mol. The molecule has 152 valence electrons. The minimum absolute atomic E-state index is 0.276. The van der Waals surface area contributed by atoms with Gasteiger partial charge in [-0.25, -0.2) is 0 Å². The molecule has 2 atom stereocenters. The van der Waals surface area contributed by atoms with Gasteiger partial charge >= 0.3 is 0 Å². The highest BCUT2D eigenvalue weighted by Gasteiger charge is 2.34. The molecule has 0 saturated heterocycles. The summed E-state index contributed by atoms with van der Waals surface area (Å²) >= 11 is 0. The van der Waals surface area contributed by atoms with E-state index in [2.05, 4.69) is 60.2 Å². The Bertz CT molecular complexity index is 937. The van der Waals surface area contributed by atoms with Gasteiger partial charge in [0, 0.05) is 23.6 Å². The van der Waals surface area contributed by atoms with Gasteiger partial charge in [-0.2, -0.15) is 10.2 Å². The van der Waals surface area contributed by atoms with Gasteiger partial charge in [0.25, 0.3) is 0 Å². The lowest BCUT2D eigenvalue weighted by Crippen LogP contribution is -2.31. The third-order valence-electron chi connectivity index (χ3n) is 5.68. The van der Waals surface area contributed by atoms with E-state index in [1.54, 1.807) is 20.2 Å². The van der Waals surface area contributed by atoms with Crippen molar-refractivity contribution in [3.63, 3.8) is 0 Å². The maximum atomic E-state index is 9.57. The van der Waals surface area contributed by atoms with E-state index in [0.717, 1.165) is 28.3 Å². The molecule has 0 aliphatic rings. The third-order valence-corrected chi connectivity index (χ3v) is 5.68. The summed E-state index contributed by atoms with van der Waals surface area (Å²) < 4.78 is 5.28. The number of hydrogen-bond acceptors (Lipinski definition) is 5. The van der Waals surface area contributed by atoms with Gasteiger partial charge < -0.3 is 9.84 Å².